The Morgan fingerprint density at radius 3 is 3.14 bits per heavy atom. The second-order valence-corrected chi connectivity index (χ2v) is 4.54. The third-order valence-electron chi connectivity index (χ3n) is 3.76. The fourth-order valence-electron chi connectivity index (χ4n) is 2.96. The van der Waals surface area contributed by atoms with E-state index in [9.17, 15) is 0 Å². The second-order valence-electron chi connectivity index (χ2n) is 4.54. The molecule has 2 heterocycles. The van der Waals surface area contributed by atoms with Gasteiger partial charge in [-0.25, -0.2) is 0 Å². The summed E-state index contributed by atoms with van der Waals surface area (Å²) in [6.45, 7) is 6.45. The highest BCUT2D eigenvalue weighted by molar-refractivity contribution is 4.91. The molecule has 0 radical (unpaired) electrons. The van der Waals surface area contributed by atoms with Crippen molar-refractivity contribution in [1.29, 1.82) is 0 Å². The molecule has 0 spiro atoms. The Balaban J connectivity index is 2.09. The zero-order chi connectivity index (χ0) is 9.97. The van der Waals surface area contributed by atoms with Crippen LogP contribution in [0.1, 0.15) is 19.8 Å². The molecule has 2 aliphatic heterocycles. The van der Waals surface area contributed by atoms with Crippen molar-refractivity contribution in [3.63, 3.8) is 0 Å². The van der Waals surface area contributed by atoms with Gasteiger partial charge in [-0.15, -0.1) is 0 Å². The summed E-state index contributed by atoms with van der Waals surface area (Å²) in [5.41, 5.74) is 0. The monoisotopic (exact) mass is 198 g/mol. The van der Waals surface area contributed by atoms with Crippen molar-refractivity contribution in [2.75, 3.05) is 33.4 Å². The van der Waals surface area contributed by atoms with Gasteiger partial charge in [-0.3, -0.25) is 0 Å². The summed E-state index contributed by atoms with van der Waals surface area (Å²) in [5, 5.41) is 3.61. The van der Waals surface area contributed by atoms with Gasteiger partial charge in [0.2, 0.25) is 0 Å². The van der Waals surface area contributed by atoms with Crippen LogP contribution in [0.3, 0.4) is 0 Å². The molecule has 0 aromatic heterocycles. The van der Waals surface area contributed by atoms with E-state index in [0.717, 1.165) is 31.7 Å². The molecular weight excluding hydrogens is 176 g/mol. The maximum absolute atomic E-state index is 5.54. The molecule has 0 aromatic rings. The maximum atomic E-state index is 5.54. The molecule has 3 heteroatoms. The standard InChI is InChI=1S/C11H22N2O/c1-3-11-9-4-7-14-8-10(9)12-5-6-13(11)2/h9-12H,3-8H2,1-2H3/t9-,10?,11+/m1/s1. The van der Waals surface area contributed by atoms with Gasteiger partial charge >= 0.3 is 0 Å². The first-order valence-corrected chi connectivity index (χ1v) is 5.84. The van der Waals surface area contributed by atoms with Crippen molar-refractivity contribution in [2.24, 2.45) is 5.92 Å². The average molecular weight is 198 g/mol. The van der Waals surface area contributed by atoms with Gasteiger partial charge in [0.15, 0.2) is 0 Å². The minimum absolute atomic E-state index is 0.596. The molecule has 1 unspecified atom stereocenters. The van der Waals surface area contributed by atoms with Crippen LogP contribution in [-0.4, -0.2) is 50.3 Å². The van der Waals surface area contributed by atoms with Gasteiger partial charge in [-0.05, 0) is 25.8 Å². The molecule has 0 amide bonds. The van der Waals surface area contributed by atoms with Crippen LogP contribution in [0.5, 0.6) is 0 Å². The quantitative estimate of drug-likeness (QED) is 0.671. The van der Waals surface area contributed by atoms with Gasteiger partial charge in [-0.1, -0.05) is 6.92 Å². The first-order chi connectivity index (χ1) is 6.83. The Morgan fingerprint density at radius 2 is 2.36 bits per heavy atom. The van der Waals surface area contributed by atoms with Crippen LogP contribution in [0.2, 0.25) is 0 Å². The Morgan fingerprint density at radius 1 is 1.50 bits per heavy atom. The number of nitrogens with one attached hydrogen (secondary N) is 1. The number of likely N-dealkylation sites (N-methyl/N-ethyl adjacent to an activating group) is 1. The zero-order valence-electron chi connectivity index (χ0n) is 9.33. The summed E-state index contributed by atoms with van der Waals surface area (Å²) in [6, 6.07) is 1.34. The van der Waals surface area contributed by atoms with Gasteiger partial charge in [0, 0.05) is 31.8 Å². The molecule has 3 nitrogen and oxygen atoms in total. The van der Waals surface area contributed by atoms with Crippen molar-refractivity contribution in [3.05, 3.63) is 0 Å². The Hall–Kier alpha value is -0.120. The molecule has 3 atom stereocenters. The molecule has 14 heavy (non-hydrogen) atoms. The number of rotatable bonds is 1. The fraction of sp³-hybridized carbons (Fsp3) is 1.00. The molecule has 82 valence electrons. The SMILES string of the molecule is CC[C@H]1[C@@H]2CCOCC2NCCN1C. The maximum Gasteiger partial charge on any atom is 0.0622 e. The van der Waals surface area contributed by atoms with Crippen molar-refractivity contribution >= 4 is 0 Å². The van der Waals surface area contributed by atoms with Crippen LogP contribution in [0.25, 0.3) is 0 Å². The first kappa shape index (κ1) is 10.4. The fourth-order valence-corrected chi connectivity index (χ4v) is 2.96. The Bertz CT molecular complexity index is 186. The number of nitrogens with zero attached hydrogens (tertiary/aromatic N) is 1. The van der Waals surface area contributed by atoms with Gasteiger partial charge in [0.1, 0.15) is 0 Å². The lowest BCUT2D eigenvalue weighted by molar-refractivity contribution is 0.0157. The zero-order valence-corrected chi connectivity index (χ0v) is 9.33. The first-order valence-electron chi connectivity index (χ1n) is 5.84. The second kappa shape index (κ2) is 4.60. The largest absolute Gasteiger partial charge is 0.380 e. The average Bonchev–Trinajstić information content (AvgIpc) is 2.36. The van der Waals surface area contributed by atoms with E-state index in [2.05, 4.69) is 24.2 Å². The van der Waals surface area contributed by atoms with E-state index >= 15 is 0 Å². The molecule has 0 aliphatic carbocycles. The molecule has 2 saturated heterocycles. The third-order valence-corrected chi connectivity index (χ3v) is 3.76. The van der Waals surface area contributed by atoms with E-state index in [4.69, 9.17) is 4.74 Å². The number of hydrogen-bond donors (Lipinski definition) is 1. The molecular formula is C11H22N2O. The predicted molar refractivity (Wildman–Crippen MR) is 57.4 cm³/mol. The van der Waals surface area contributed by atoms with E-state index < -0.39 is 0 Å². The summed E-state index contributed by atoms with van der Waals surface area (Å²) in [5.74, 6) is 0.793. The number of hydrogen-bond acceptors (Lipinski definition) is 3. The minimum Gasteiger partial charge on any atom is -0.380 e. The van der Waals surface area contributed by atoms with Crippen LogP contribution in [0.4, 0.5) is 0 Å². The minimum atomic E-state index is 0.596. The molecule has 0 bridgehead atoms. The summed E-state index contributed by atoms with van der Waals surface area (Å²) in [4.78, 5) is 2.52. The van der Waals surface area contributed by atoms with Crippen LogP contribution >= 0.6 is 0 Å². The van der Waals surface area contributed by atoms with E-state index in [1.165, 1.54) is 19.4 Å². The Labute approximate surface area is 86.8 Å². The normalized spacial score (nSPS) is 40.3. The molecule has 2 aliphatic rings. The lowest BCUT2D eigenvalue weighted by Gasteiger charge is -2.37. The molecule has 2 rings (SSSR count). The van der Waals surface area contributed by atoms with Crippen LogP contribution in [-0.2, 0) is 4.74 Å². The van der Waals surface area contributed by atoms with Crippen LogP contribution in [0.15, 0.2) is 0 Å². The predicted octanol–water partition coefficient (Wildman–Crippen LogP) is 0.705. The van der Waals surface area contributed by atoms with Crippen molar-refractivity contribution in [3.8, 4) is 0 Å². The molecule has 1 N–H and O–H groups in total. The highest BCUT2D eigenvalue weighted by atomic mass is 16.5. The lowest BCUT2D eigenvalue weighted by Crippen LogP contribution is -2.48. The number of fused-ring (bicyclic) bond motifs is 1. The van der Waals surface area contributed by atoms with Gasteiger partial charge < -0.3 is 15.0 Å². The smallest absolute Gasteiger partial charge is 0.0622 e. The topological polar surface area (TPSA) is 24.5 Å². The summed E-state index contributed by atoms with van der Waals surface area (Å²) in [6.07, 6.45) is 2.49. The van der Waals surface area contributed by atoms with Crippen molar-refractivity contribution in [2.45, 2.75) is 31.8 Å². The highest BCUT2D eigenvalue weighted by Gasteiger charge is 2.35. The van der Waals surface area contributed by atoms with E-state index in [0.29, 0.717) is 6.04 Å². The number of ether oxygens (including phenoxy) is 1. The Kier molecular flexibility index (Phi) is 3.42. The summed E-state index contributed by atoms with van der Waals surface area (Å²) >= 11 is 0. The van der Waals surface area contributed by atoms with Gasteiger partial charge in [0.25, 0.3) is 0 Å². The van der Waals surface area contributed by atoms with E-state index in [-0.39, 0.29) is 0 Å². The summed E-state index contributed by atoms with van der Waals surface area (Å²) in [7, 11) is 2.26. The van der Waals surface area contributed by atoms with Crippen molar-refractivity contribution < 1.29 is 4.74 Å². The van der Waals surface area contributed by atoms with E-state index in [1.54, 1.807) is 0 Å². The molecule has 0 aromatic carbocycles. The van der Waals surface area contributed by atoms with Gasteiger partial charge in [0.05, 0.1) is 6.61 Å². The van der Waals surface area contributed by atoms with Crippen molar-refractivity contribution in [1.82, 2.24) is 10.2 Å². The summed E-state index contributed by atoms with van der Waals surface area (Å²) < 4.78 is 5.54. The van der Waals surface area contributed by atoms with Crippen LogP contribution < -0.4 is 5.32 Å². The molecule has 2 fully saturated rings. The van der Waals surface area contributed by atoms with Gasteiger partial charge in [-0.2, -0.15) is 0 Å². The highest BCUT2D eigenvalue weighted by Crippen LogP contribution is 2.26. The lowest BCUT2D eigenvalue weighted by atomic mass is 9.86. The third kappa shape index (κ3) is 1.95. The van der Waals surface area contributed by atoms with Crippen LogP contribution in [0, 0.1) is 5.92 Å². The molecule has 0 saturated carbocycles. The van der Waals surface area contributed by atoms with E-state index in [1.807, 2.05) is 0 Å².